The molecule has 3 N–H and O–H groups in total. The van der Waals surface area contributed by atoms with E-state index in [9.17, 15) is 0 Å². The topological polar surface area (TPSA) is 54.2 Å². The van der Waals surface area contributed by atoms with Crippen LogP contribution in [0.25, 0.3) is 0 Å². The van der Waals surface area contributed by atoms with Gasteiger partial charge < -0.3 is 16.0 Å². The van der Waals surface area contributed by atoms with Gasteiger partial charge in [0.15, 0.2) is 5.13 Å². The summed E-state index contributed by atoms with van der Waals surface area (Å²) < 4.78 is 0. The van der Waals surface area contributed by atoms with Gasteiger partial charge in [-0.25, -0.2) is 4.98 Å². The molecule has 1 aliphatic rings. The molecule has 90 valence electrons. The quantitative estimate of drug-likeness (QED) is 0.825. The van der Waals surface area contributed by atoms with E-state index in [0.29, 0.717) is 5.92 Å². The summed E-state index contributed by atoms with van der Waals surface area (Å²) >= 11 is 1.51. The van der Waals surface area contributed by atoms with Gasteiger partial charge in [0.2, 0.25) is 0 Å². The van der Waals surface area contributed by atoms with E-state index in [1.807, 2.05) is 0 Å². The molecule has 1 unspecified atom stereocenters. The van der Waals surface area contributed by atoms with Crippen LogP contribution in [-0.2, 0) is 0 Å². The highest BCUT2D eigenvalue weighted by atomic mass is 32.1. The second-order valence-corrected chi connectivity index (χ2v) is 5.62. The van der Waals surface area contributed by atoms with Crippen LogP contribution in [0.4, 0.5) is 10.1 Å². The van der Waals surface area contributed by atoms with Gasteiger partial charge >= 0.3 is 0 Å². The first-order valence-electron chi connectivity index (χ1n) is 5.91. The summed E-state index contributed by atoms with van der Waals surface area (Å²) in [5, 5.41) is 5.05. The Kier molecular flexibility index (Phi) is 4.01. The first-order valence-corrected chi connectivity index (χ1v) is 6.73. The fourth-order valence-electron chi connectivity index (χ4n) is 2.10. The van der Waals surface area contributed by atoms with Gasteiger partial charge in [-0.2, -0.15) is 0 Å². The molecule has 0 aromatic carbocycles. The number of likely N-dealkylation sites (tertiary alicyclic amines) is 1. The average Bonchev–Trinajstić information content (AvgIpc) is 2.87. The van der Waals surface area contributed by atoms with E-state index in [-0.39, 0.29) is 0 Å². The molecule has 0 amide bonds. The van der Waals surface area contributed by atoms with Gasteiger partial charge in [-0.1, -0.05) is 18.3 Å². The minimum Gasteiger partial charge on any atom is -0.389 e. The smallest absolute Gasteiger partial charge is 0.184 e. The van der Waals surface area contributed by atoms with E-state index in [2.05, 4.69) is 22.1 Å². The fourth-order valence-corrected chi connectivity index (χ4v) is 2.69. The van der Waals surface area contributed by atoms with E-state index < -0.39 is 0 Å². The standard InChI is InChI=1S/C11H20N4S/c1-9(8-15-4-2-3-5-15)6-13-11-14-7-10(12)16-11/h7,9H,2-6,8,12H2,1H3,(H,13,14). The van der Waals surface area contributed by atoms with Gasteiger partial charge in [-0.15, -0.1) is 0 Å². The molecule has 5 heteroatoms. The van der Waals surface area contributed by atoms with E-state index in [4.69, 9.17) is 5.73 Å². The van der Waals surface area contributed by atoms with E-state index in [1.54, 1.807) is 6.20 Å². The van der Waals surface area contributed by atoms with Gasteiger partial charge in [-0.05, 0) is 31.8 Å². The Morgan fingerprint density at radius 1 is 1.56 bits per heavy atom. The summed E-state index contributed by atoms with van der Waals surface area (Å²) in [5.74, 6) is 0.656. The highest BCUT2D eigenvalue weighted by Gasteiger charge is 2.14. The third-order valence-corrected chi connectivity index (χ3v) is 3.68. The highest BCUT2D eigenvalue weighted by Crippen LogP contribution is 2.20. The number of anilines is 2. The van der Waals surface area contributed by atoms with Crippen molar-refractivity contribution in [3.8, 4) is 0 Å². The molecule has 1 aliphatic heterocycles. The molecule has 1 aromatic rings. The summed E-state index contributed by atoms with van der Waals surface area (Å²) in [7, 11) is 0. The van der Waals surface area contributed by atoms with Crippen LogP contribution >= 0.6 is 11.3 Å². The molecule has 1 atom stereocenters. The molecule has 2 heterocycles. The normalized spacial score (nSPS) is 18.8. The molecule has 0 aliphatic carbocycles. The zero-order valence-corrected chi connectivity index (χ0v) is 10.6. The lowest BCUT2D eigenvalue weighted by molar-refractivity contribution is 0.294. The van der Waals surface area contributed by atoms with Gasteiger partial charge in [0.05, 0.1) is 6.20 Å². The summed E-state index contributed by atoms with van der Waals surface area (Å²) in [6.45, 7) is 6.99. The molecule has 0 bridgehead atoms. The molecule has 1 fully saturated rings. The molecule has 0 saturated carbocycles. The van der Waals surface area contributed by atoms with Crippen molar-refractivity contribution in [3.05, 3.63) is 6.20 Å². The van der Waals surface area contributed by atoms with Crippen LogP contribution in [0.15, 0.2) is 6.20 Å². The summed E-state index contributed by atoms with van der Waals surface area (Å²) in [6.07, 6.45) is 4.43. The molecular weight excluding hydrogens is 220 g/mol. The van der Waals surface area contributed by atoms with Crippen LogP contribution in [0.1, 0.15) is 19.8 Å². The largest absolute Gasteiger partial charge is 0.389 e. The number of thiazole rings is 1. The van der Waals surface area contributed by atoms with Gasteiger partial charge in [0, 0.05) is 13.1 Å². The number of hydrogen-bond acceptors (Lipinski definition) is 5. The van der Waals surface area contributed by atoms with Crippen LogP contribution in [0.2, 0.25) is 0 Å². The zero-order chi connectivity index (χ0) is 11.4. The summed E-state index contributed by atoms with van der Waals surface area (Å²) in [4.78, 5) is 6.73. The van der Waals surface area contributed by atoms with Crippen LogP contribution < -0.4 is 11.1 Å². The molecule has 16 heavy (non-hydrogen) atoms. The Morgan fingerprint density at radius 3 is 2.94 bits per heavy atom. The lowest BCUT2D eigenvalue weighted by Gasteiger charge is -2.20. The maximum Gasteiger partial charge on any atom is 0.184 e. The molecular formula is C11H20N4S. The van der Waals surface area contributed by atoms with Gasteiger partial charge in [0.1, 0.15) is 5.00 Å². The zero-order valence-electron chi connectivity index (χ0n) is 9.78. The van der Waals surface area contributed by atoms with E-state index >= 15 is 0 Å². The Hall–Kier alpha value is -0.810. The lowest BCUT2D eigenvalue weighted by atomic mass is 10.2. The van der Waals surface area contributed by atoms with Crippen LogP contribution in [-0.4, -0.2) is 36.1 Å². The van der Waals surface area contributed by atoms with Crippen molar-refractivity contribution in [2.75, 3.05) is 37.2 Å². The van der Waals surface area contributed by atoms with Crippen molar-refractivity contribution in [2.24, 2.45) is 5.92 Å². The Bertz CT molecular complexity index is 320. The van der Waals surface area contributed by atoms with Crippen LogP contribution in [0.3, 0.4) is 0 Å². The van der Waals surface area contributed by atoms with Crippen molar-refractivity contribution in [1.29, 1.82) is 0 Å². The fraction of sp³-hybridized carbons (Fsp3) is 0.727. The first kappa shape index (κ1) is 11.7. The Balaban J connectivity index is 1.68. The van der Waals surface area contributed by atoms with Crippen molar-refractivity contribution < 1.29 is 0 Å². The summed E-state index contributed by atoms with van der Waals surface area (Å²) in [5.41, 5.74) is 5.62. The number of nitrogens with two attached hydrogens (primary N) is 1. The number of nitrogens with zero attached hydrogens (tertiary/aromatic N) is 2. The van der Waals surface area contributed by atoms with E-state index in [1.165, 1.54) is 43.8 Å². The molecule has 0 radical (unpaired) electrons. The third kappa shape index (κ3) is 3.35. The maximum absolute atomic E-state index is 5.62. The molecule has 1 aromatic heterocycles. The predicted molar refractivity (Wildman–Crippen MR) is 69.9 cm³/mol. The maximum atomic E-state index is 5.62. The number of nitrogens with one attached hydrogen (secondary N) is 1. The van der Waals surface area contributed by atoms with Crippen molar-refractivity contribution in [1.82, 2.24) is 9.88 Å². The predicted octanol–water partition coefficient (Wildman–Crippen LogP) is 1.87. The second-order valence-electron chi connectivity index (χ2n) is 4.56. The van der Waals surface area contributed by atoms with Crippen molar-refractivity contribution >= 4 is 21.5 Å². The Morgan fingerprint density at radius 2 is 2.31 bits per heavy atom. The number of nitrogen functional groups attached to an aromatic ring is 1. The monoisotopic (exact) mass is 240 g/mol. The van der Waals surface area contributed by atoms with Crippen LogP contribution in [0.5, 0.6) is 0 Å². The minimum atomic E-state index is 0.656. The highest BCUT2D eigenvalue weighted by molar-refractivity contribution is 7.19. The average molecular weight is 240 g/mol. The molecule has 2 rings (SSSR count). The van der Waals surface area contributed by atoms with E-state index in [0.717, 1.165) is 16.7 Å². The van der Waals surface area contributed by atoms with Gasteiger partial charge in [-0.3, -0.25) is 0 Å². The molecule has 0 spiro atoms. The molecule has 1 saturated heterocycles. The van der Waals surface area contributed by atoms with Crippen LogP contribution in [0, 0.1) is 5.92 Å². The Labute approximate surface area is 101 Å². The number of aromatic nitrogens is 1. The lowest BCUT2D eigenvalue weighted by Crippen LogP contribution is -2.28. The second kappa shape index (κ2) is 5.50. The first-order chi connectivity index (χ1) is 7.74. The number of rotatable bonds is 5. The van der Waals surface area contributed by atoms with Crippen molar-refractivity contribution in [3.63, 3.8) is 0 Å². The summed E-state index contributed by atoms with van der Waals surface area (Å²) in [6, 6.07) is 0. The SMILES string of the molecule is CC(CNc1ncc(N)s1)CN1CCCC1. The minimum absolute atomic E-state index is 0.656. The number of hydrogen-bond donors (Lipinski definition) is 2. The molecule has 4 nitrogen and oxygen atoms in total. The van der Waals surface area contributed by atoms with Gasteiger partial charge in [0.25, 0.3) is 0 Å². The van der Waals surface area contributed by atoms with Crippen molar-refractivity contribution in [2.45, 2.75) is 19.8 Å². The third-order valence-electron chi connectivity index (χ3n) is 2.89.